The van der Waals surface area contributed by atoms with Crippen LogP contribution >= 0.6 is 0 Å². The number of aryl methyl sites for hydroxylation is 1. The number of nitrogens with zero attached hydrogens (tertiary/aromatic N) is 1. The fourth-order valence-electron chi connectivity index (χ4n) is 1.75. The predicted octanol–water partition coefficient (Wildman–Crippen LogP) is 1.65. The molecule has 0 fully saturated rings. The van der Waals surface area contributed by atoms with Crippen LogP contribution in [0.5, 0.6) is 5.75 Å². The molecule has 0 aliphatic rings. The number of ether oxygens (including phenoxy) is 1. The maximum Gasteiger partial charge on any atom is 0.325 e. The van der Waals surface area contributed by atoms with Gasteiger partial charge < -0.3 is 4.74 Å². The highest BCUT2D eigenvalue weighted by molar-refractivity contribution is 7.90. The van der Waals surface area contributed by atoms with E-state index in [9.17, 15) is 13.2 Å². The average molecular weight is 299 g/mol. The van der Waals surface area contributed by atoms with Crippen LogP contribution in [-0.4, -0.2) is 45.2 Å². The van der Waals surface area contributed by atoms with Crippen molar-refractivity contribution in [3.63, 3.8) is 0 Å². The number of carbonyl (C=O) groups is 1. The van der Waals surface area contributed by atoms with E-state index in [1.165, 1.54) is 18.2 Å². The molecule has 6 heteroatoms. The van der Waals surface area contributed by atoms with E-state index < -0.39 is 9.84 Å². The van der Waals surface area contributed by atoms with Gasteiger partial charge in [0.2, 0.25) is 0 Å². The zero-order valence-corrected chi connectivity index (χ0v) is 13.2. The summed E-state index contributed by atoms with van der Waals surface area (Å²) in [4.78, 5) is 14.0. The van der Waals surface area contributed by atoms with Gasteiger partial charge in [0.25, 0.3) is 0 Å². The van der Waals surface area contributed by atoms with Crippen molar-refractivity contribution in [1.82, 2.24) is 4.90 Å². The Morgan fingerprint density at radius 3 is 2.30 bits per heavy atom. The molecular weight excluding hydrogens is 278 g/mol. The third kappa shape index (κ3) is 4.61. The van der Waals surface area contributed by atoms with Crippen molar-refractivity contribution in [3.8, 4) is 5.75 Å². The molecular formula is C14H21NO4S. The minimum atomic E-state index is -3.25. The van der Waals surface area contributed by atoms with Gasteiger partial charge in [-0.15, -0.1) is 0 Å². The summed E-state index contributed by atoms with van der Waals surface area (Å²) in [5, 5.41) is 0. The van der Waals surface area contributed by atoms with Crippen LogP contribution < -0.4 is 4.74 Å². The Hall–Kier alpha value is -1.40. The van der Waals surface area contributed by atoms with Crippen molar-refractivity contribution in [2.45, 2.75) is 25.7 Å². The van der Waals surface area contributed by atoms with E-state index in [-0.39, 0.29) is 17.4 Å². The molecule has 0 bridgehead atoms. The lowest BCUT2D eigenvalue weighted by atomic mass is 10.2. The monoisotopic (exact) mass is 299 g/mol. The summed E-state index contributed by atoms with van der Waals surface area (Å²) in [6, 6.07) is 4.48. The second kappa shape index (κ2) is 6.85. The number of hydrogen-bond donors (Lipinski definition) is 0. The van der Waals surface area contributed by atoms with Crippen LogP contribution in [0, 0.1) is 6.92 Å². The van der Waals surface area contributed by atoms with Crippen LogP contribution in [-0.2, 0) is 14.6 Å². The van der Waals surface area contributed by atoms with Crippen molar-refractivity contribution < 1.29 is 17.9 Å². The number of rotatable bonds is 6. The van der Waals surface area contributed by atoms with Gasteiger partial charge in [-0.25, -0.2) is 8.42 Å². The minimum Gasteiger partial charge on any atom is -0.425 e. The average Bonchev–Trinajstić information content (AvgIpc) is 2.37. The Labute approximate surface area is 120 Å². The third-order valence-electron chi connectivity index (χ3n) is 3.05. The molecule has 0 spiro atoms. The van der Waals surface area contributed by atoms with E-state index in [0.717, 1.165) is 19.3 Å². The zero-order valence-electron chi connectivity index (χ0n) is 12.3. The smallest absolute Gasteiger partial charge is 0.325 e. The maximum absolute atomic E-state index is 11.8. The van der Waals surface area contributed by atoms with Gasteiger partial charge in [-0.05, 0) is 43.8 Å². The molecule has 0 aromatic heterocycles. The lowest BCUT2D eigenvalue weighted by Crippen LogP contribution is -2.32. The third-order valence-corrected chi connectivity index (χ3v) is 4.16. The number of sulfone groups is 1. The van der Waals surface area contributed by atoms with E-state index in [1.807, 2.05) is 18.7 Å². The van der Waals surface area contributed by atoms with Gasteiger partial charge >= 0.3 is 5.97 Å². The lowest BCUT2D eigenvalue weighted by molar-refractivity contribution is -0.135. The van der Waals surface area contributed by atoms with Gasteiger partial charge in [0.1, 0.15) is 5.75 Å². The molecule has 0 saturated carbocycles. The first kappa shape index (κ1) is 16.7. The van der Waals surface area contributed by atoms with E-state index in [4.69, 9.17) is 4.74 Å². The molecule has 1 aromatic carbocycles. The van der Waals surface area contributed by atoms with Gasteiger partial charge in [-0.1, -0.05) is 13.8 Å². The van der Waals surface area contributed by atoms with Gasteiger partial charge in [0, 0.05) is 6.26 Å². The number of benzene rings is 1. The van der Waals surface area contributed by atoms with Crippen molar-refractivity contribution in [2.75, 3.05) is 25.9 Å². The van der Waals surface area contributed by atoms with Crippen LogP contribution in [0.3, 0.4) is 0 Å². The fraction of sp³-hybridized carbons (Fsp3) is 0.500. The predicted molar refractivity (Wildman–Crippen MR) is 77.7 cm³/mol. The van der Waals surface area contributed by atoms with Crippen molar-refractivity contribution in [2.24, 2.45) is 0 Å². The Morgan fingerprint density at radius 2 is 1.85 bits per heavy atom. The molecule has 0 atom stereocenters. The molecule has 0 unspecified atom stereocenters. The zero-order chi connectivity index (χ0) is 15.3. The van der Waals surface area contributed by atoms with Crippen LogP contribution in [0.15, 0.2) is 23.1 Å². The molecule has 5 nitrogen and oxygen atoms in total. The lowest BCUT2D eigenvalue weighted by Gasteiger charge is -2.17. The van der Waals surface area contributed by atoms with Crippen LogP contribution in [0.25, 0.3) is 0 Å². The summed E-state index contributed by atoms with van der Waals surface area (Å²) in [5.41, 5.74) is 0.626. The molecule has 0 saturated heterocycles. The topological polar surface area (TPSA) is 63.7 Å². The van der Waals surface area contributed by atoms with Crippen molar-refractivity contribution in [1.29, 1.82) is 0 Å². The van der Waals surface area contributed by atoms with Gasteiger partial charge in [0.05, 0.1) is 11.4 Å². The highest BCUT2D eigenvalue weighted by Gasteiger charge is 2.13. The van der Waals surface area contributed by atoms with Gasteiger partial charge in [-0.2, -0.15) is 0 Å². The molecule has 1 rings (SSSR count). The number of carbonyl (C=O) groups excluding carboxylic acids is 1. The van der Waals surface area contributed by atoms with E-state index in [1.54, 1.807) is 6.92 Å². The van der Waals surface area contributed by atoms with E-state index >= 15 is 0 Å². The first-order chi connectivity index (χ1) is 9.27. The molecule has 0 aliphatic heterocycles. The second-order valence-corrected chi connectivity index (χ2v) is 6.65. The van der Waals surface area contributed by atoms with E-state index in [2.05, 4.69) is 0 Å². The standard InChI is InChI=1S/C14H21NO4S/c1-5-15(6-2)10-14(16)19-13-8-7-12(9-11(13)3)20(4,17)18/h7-9H,5-6,10H2,1-4H3. The Balaban J connectivity index is 2.81. The van der Waals surface area contributed by atoms with Crippen LogP contribution in [0.2, 0.25) is 0 Å². The van der Waals surface area contributed by atoms with Gasteiger partial charge in [-0.3, -0.25) is 9.69 Å². The quantitative estimate of drug-likeness (QED) is 0.590. The van der Waals surface area contributed by atoms with Crippen molar-refractivity contribution >= 4 is 15.8 Å². The maximum atomic E-state index is 11.8. The molecule has 0 aliphatic carbocycles. The molecule has 20 heavy (non-hydrogen) atoms. The number of likely N-dealkylation sites (N-methyl/N-ethyl adjacent to an activating group) is 1. The number of hydrogen-bond acceptors (Lipinski definition) is 5. The highest BCUT2D eigenvalue weighted by atomic mass is 32.2. The summed E-state index contributed by atoms with van der Waals surface area (Å²) < 4.78 is 28.1. The van der Waals surface area contributed by atoms with E-state index in [0.29, 0.717) is 11.3 Å². The van der Waals surface area contributed by atoms with Crippen LogP contribution in [0.1, 0.15) is 19.4 Å². The summed E-state index contributed by atoms with van der Waals surface area (Å²) in [5.74, 6) is 0.0541. The SMILES string of the molecule is CCN(CC)CC(=O)Oc1ccc(S(C)(=O)=O)cc1C. The first-order valence-electron chi connectivity index (χ1n) is 6.51. The Bertz CT molecular complexity index is 577. The van der Waals surface area contributed by atoms with Gasteiger partial charge in [0.15, 0.2) is 9.84 Å². The molecule has 0 amide bonds. The summed E-state index contributed by atoms with van der Waals surface area (Å²) in [6.45, 7) is 7.44. The molecule has 0 N–H and O–H groups in total. The minimum absolute atomic E-state index is 0.221. The normalized spacial score (nSPS) is 11.7. The van der Waals surface area contributed by atoms with Crippen LogP contribution in [0.4, 0.5) is 0 Å². The molecule has 112 valence electrons. The number of esters is 1. The summed E-state index contributed by atoms with van der Waals surface area (Å²) >= 11 is 0. The molecule has 0 heterocycles. The second-order valence-electron chi connectivity index (χ2n) is 4.63. The van der Waals surface area contributed by atoms with Crippen molar-refractivity contribution in [3.05, 3.63) is 23.8 Å². The largest absolute Gasteiger partial charge is 0.425 e. The Kier molecular flexibility index (Phi) is 5.71. The summed E-state index contributed by atoms with van der Waals surface area (Å²) in [6.07, 6.45) is 1.15. The summed E-state index contributed by atoms with van der Waals surface area (Å²) in [7, 11) is -3.25. The highest BCUT2D eigenvalue weighted by Crippen LogP contribution is 2.21. The molecule has 0 radical (unpaired) electrons. The first-order valence-corrected chi connectivity index (χ1v) is 8.40. The fourth-order valence-corrected chi connectivity index (χ4v) is 2.46. The molecule has 1 aromatic rings. The Morgan fingerprint density at radius 1 is 1.25 bits per heavy atom.